The van der Waals surface area contributed by atoms with Gasteiger partial charge in [0.1, 0.15) is 5.65 Å². The fourth-order valence-corrected chi connectivity index (χ4v) is 5.26. The third-order valence-electron chi connectivity index (χ3n) is 6.25. The van der Waals surface area contributed by atoms with Crippen molar-refractivity contribution < 1.29 is 8.42 Å². The number of anilines is 2. The predicted octanol–water partition coefficient (Wildman–Crippen LogP) is 3.76. The smallest absolute Gasteiger partial charge is 0.281 e. The first-order valence-corrected chi connectivity index (χ1v) is 12.1. The molecule has 4 aromatic rings. The standard InChI is InChI=1S/C23H26N6O2S/c1-27-15-19(16-6-4-9-18(14-16)29(3)17-7-5-8-17)22-20(10-12-24-23(22)27)26-32(30,31)21-11-13-28(2)25-21/h4,6,9-15,17H,5,7-8H2,1-3H3,(H,24,26). The molecule has 9 heteroatoms. The summed E-state index contributed by atoms with van der Waals surface area (Å²) >= 11 is 0. The third kappa shape index (κ3) is 3.52. The van der Waals surface area contributed by atoms with Gasteiger partial charge in [0, 0.05) is 57.0 Å². The number of aromatic nitrogens is 4. The van der Waals surface area contributed by atoms with Crippen molar-refractivity contribution in [3.05, 3.63) is 55.0 Å². The first kappa shape index (κ1) is 20.6. The summed E-state index contributed by atoms with van der Waals surface area (Å²) in [5.41, 5.74) is 4.29. The summed E-state index contributed by atoms with van der Waals surface area (Å²) in [6.07, 6.45) is 8.94. The molecule has 8 nitrogen and oxygen atoms in total. The molecule has 0 saturated heterocycles. The van der Waals surface area contributed by atoms with Crippen LogP contribution >= 0.6 is 0 Å². The number of rotatable bonds is 6. The van der Waals surface area contributed by atoms with E-state index in [0.717, 1.165) is 22.2 Å². The van der Waals surface area contributed by atoms with Crippen LogP contribution in [0, 0.1) is 0 Å². The molecule has 3 heterocycles. The first-order valence-electron chi connectivity index (χ1n) is 10.6. The molecule has 1 fully saturated rings. The molecule has 1 aromatic carbocycles. The van der Waals surface area contributed by atoms with Crippen molar-refractivity contribution in [1.82, 2.24) is 19.3 Å². The Labute approximate surface area is 187 Å². The van der Waals surface area contributed by atoms with Crippen LogP contribution in [0.1, 0.15) is 19.3 Å². The Morgan fingerprint density at radius 3 is 2.66 bits per heavy atom. The molecule has 0 bridgehead atoms. The van der Waals surface area contributed by atoms with Gasteiger partial charge in [-0.2, -0.15) is 13.5 Å². The highest BCUT2D eigenvalue weighted by Gasteiger charge is 2.24. The van der Waals surface area contributed by atoms with Crippen LogP contribution in [0.15, 0.2) is 60.0 Å². The Kier molecular flexibility index (Phi) is 4.93. The highest BCUT2D eigenvalue weighted by atomic mass is 32.2. The van der Waals surface area contributed by atoms with Gasteiger partial charge in [-0.05, 0) is 49.1 Å². The van der Waals surface area contributed by atoms with Gasteiger partial charge in [0.2, 0.25) is 0 Å². The van der Waals surface area contributed by atoms with Crippen molar-refractivity contribution >= 4 is 32.4 Å². The van der Waals surface area contributed by atoms with Crippen molar-refractivity contribution in [2.75, 3.05) is 16.7 Å². The Balaban J connectivity index is 1.59. The lowest BCUT2D eigenvalue weighted by Crippen LogP contribution is -2.37. The van der Waals surface area contributed by atoms with Gasteiger partial charge in [-0.3, -0.25) is 9.40 Å². The second kappa shape index (κ2) is 7.67. The lowest BCUT2D eigenvalue weighted by molar-refractivity contribution is 0.401. The first-order chi connectivity index (χ1) is 15.3. The van der Waals surface area contributed by atoms with Crippen LogP contribution in [0.5, 0.6) is 0 Å². The molecular weight excluding hydrogens is 424 g/mol. The predicted molar refractivity (Wildman–Crippen MR) is 126 cm³/mol. The lowest BCUT2D eigenvalue weighted by Gasteiger charge is -2.36. The van der Waals surface area contributed by atoms with Gasteiger partial charge in [0.25, 0.3) is 10.0 Å². The zero-order chi connectivity index (χ0) is 22.5. The van der Waals surface area contributed by atoms with Crippen LogP contribution in [-0.2, 0) is 24.1 Å². The number of benzene rings is 1. The minimum absolute atomic E-state index is 0.0217. The zero-order valence-electron chi connectivity index (χ0n) is 18.4. The van der Waals surface area contributed by atoms with Crippen LogP contribution < -0.4 is 9.62 Å². The number of aryl methyl sites for hydroxylation is 2. The molecule has 32 heavy (non-hydrogen) atoms. The van der Waals surface area contributed by atoms with E-state index in [9.17, 15) is 8.42 Å². The molecule has 1 aliphatic rings. The van der Waals surface area contributed by atoms with E-state index in [1.54, 1.807) is 25.5 Å². The Bertz CT molecular complexity index is 1400. The summed E-state index contributed by atoms with van der Waals surface area (Å²) in [7, 11) is 1.91. The maximum atomic E-state index is 13.0. The monoisotopic (exact) mass is 450 g/mol. The summed E-state index contributed by atoms with van der Waals surface area (Å²) in [6.45, 7) is 0. The maximum Gasteiger partial charge on any atom is 0.281 e. The van der Waals surface area contributed by atoms with Gasteiger partial charge >= 0.3 is 0 Å². The molecule has 0 radical (unpaired) electrons. The average Bonchev–Trinajstić information content (AvgIpc) is 3.31. The van der Waals surface area contributed by atoms with E-state index in [1.165, 1.54) is 30.0 Å². The van der Waals surface area contributed by atoms with Crippen LogP contribution in [-0.4, -0.2) is 40.8 Å². The molecule has 0 atom stereocenters. The molecular formula is C23H26N6O2S. The molecule has 3 aromatic heterocycles. The quantitative estimate of drug-likeness (QED) is 0.483. The fraction of sp³-hybridized carbons (Fsp3) is 0.304. The van der Waals surface area contributed by atoms with Crippen LogP contribution in [0.4, 0.5) is 11.4 Å². The van der Waals surface area contributed by atoms with Crippen molar-refractivity contribution in [1.29, 1.82) is 0 Å². The van der Waals surface area contributed by atoms with Crippen molar-refractivity contribution in [2.45, 2.75) is 30.3 Å². The molecule has 5 rings (SSSR count). The summed E-state index contributed by atoms with van der Waals surface area (Å²) in [5, 5.41) is 4.79. The molecule has 0 aliphatic heterocycles. The fourth-order valence-electron chi connectivity index (χ4n) is 4.22. The SMILES string of the molecule is CN(c1cccc(-c2cn(C)c3nccc(NS(=O)(=O)c4ccn(C)n4)c23)c1)C1CCC1. The zero-order valence-corrected chi connectivity index (χ0v) is 19.2. The second-order valence-corrected chi connectivity index (χ2v) is 10.0. The summed E-state index contributed by atoms with van der Waals surface area (Å²) in [4.78, 5) is 6.83. The number of nitrogens with zero attached hydrogens (tertiary/aromatic N) is 5. The van der Waals surface area contributed by atoms with E-state index in [4.69, 9.17) is 0 Å². The topological polar surface area (TPSA) is 85.0 Å². The summed E-state index contributed by atoms with van der Waals surface area (Å²) in [5.74, 6) is 0. The van der Waals surface area contributed by atoms with Crippen LogP contribution in [0.25, 0.3) is 22.2 Å². The Morgan fingerprint density at radius 1 is 1.16 bits per heavy atom. The number of pyridine rings is 1. The highest BCUT2D eigenvalue weighted by Crippen LogP contribution is 2.37. The normalized spacial score (nSPS) is 14.5. The van der Waals surface area contributed by atoms with E-state index in [1.807, 2.05) is 23.9 Å². The van der Waals surface area contributed by atoms with E-state index in [2.05, 4.69) is 45.0 Å². The van der Waals surface area contributed by atoms with E-state index in [0.29, 0.717) is 17.4 Å². The molecule has 0 unspecified atom stereocenters. The van der Waals surface area contributed by atoms with Gasteiger partial charge < -0.3 is 9.47 Å². The summed E-state index contributed by atoms with van der Waals surface area (Å²) < 4.78 is 32.0. The second-order valence-electron chi connectivity index (χ2n) is 8.39. The number of nitrogens with one attached hydrogen (secondary N) is 1. The number of fused-ring (bicyclic) bond motifs is 1. The third-order valence-corrected chi connectivity index (χ3v) is 7.51. The van der Waals surface area contributed by atoms with Gasteiger partial charge in [0.05, 0.1) is 11.1 Å². The molecule has 1 saturated carbocycles. The molecule has 1 aliphatic carbocycles. The Morgan fingerprint density at radius 2 is 1.97 bits per heavy atom. The van der Waals surface area contributed by atoms with E-state index in [-0.39, 0.29) is 5.03 Å². The largest absolute Gasteiger partial charge is 0.372 e. The highest BCUT2D eigenvalue weighted by molar-refractivity contribution is 7.92. The van der Waals surface area contributed by atoms with E-state index < -0.39 is 10.0 Å². The van der Waals surface area contributed by atoms with Crippen LogP contribution in [0.3, 0.4) is 0 Å². The van der Waals surface area contributed by atoms with Crippen LogP contribution in [0.2, 0.25) is 0 Å². The molecule has 0 spiro atoms. The minimum atomic E-state index is -3.83. The minimum Gasteiger partial charge on any atom is -0.372 e. The van der Waals surface area contributed by atoms with Gasteiger partial charge in [-0.25, -0.2) is 4.98 Å². The van der Waals surface area contributed by atoms with Crippen molar-refractivity contribution in [3.8, 4) is 11.1 Å². The Hall–Kier alpha value is -3.33. The van der Waals surface area contributed by atoms with Gasteiger partial charge in [-0.15, -0.1) is 0 Å². The number of hydrogen-bond donors (Lipinski definition) is 1. The van der Waals surface area contributed by atoms with Gasteiger partial charge in [-0.1, -0.05) is 12.1 Å². The maximum absolute atomic E-state index is 13.0. The molecule has 0 amide bonds. The number of sulfonamides is 1. The molecule has 166 valence electrons. The van der Waals surface area contributed by atoms with Crippen molar-refractivity contribution in [2.24, 2.45) is 14.1 Å². The lowest BCUT2D eigenvalue weighted by atomic mass is 9.91. The summed E-state index contributed by atoms with van der Waals surface area (Å²) in [6, 6.07) is 12.1. The van der Waals surface area contributed by atoms with E-state index >= 15 is 0 Å². The van der Waals surface area contributed by atoms with Gasteiger partial charge in [0.15, 0.2) is 5.03 Å². The molecule has 1 N–H and O–H groups in total. The van der Waals surface area contributed by atoms with Crippen molar-refractivity contribution in [3.63, 3.8) is 0 Å². The number of hydrogen-bond acceptors (Lipinski definition) is 5. The average molecular weight is 451 g/mol.